The number of para-hydroxylation sites is 1. The molecule has 0 unspecified atom stereocenters. The number of benzene rings is 1. The SMILES string of the molecule is CCc1nc2ccccc2cc1C(=O)CO. The number of aryl methyl sites for hydroxylation is 1. The van der Waals surface area contributed by atoms with Crippen molar-refractivity contribution in [3.05, 3.63) is 41.6 Å². The molecule has 1 N–H and O–H groups in total. The standard InChI is InChI=1S/C13H13NO2/c1-2-11-10(13(16)8-15)7-9-5-3-4-6-12(9)14-11/h3-7,15H,2,8H2,1H3. The molecule has 0 amide bonds. The molecule has 0 spiro atoms. The first kappa shape index (κ1) is 10.8. The Morgan fingerprint density at radius 1 is 1.38 bits per heavy atom. The van der Waals surface area contributed by atoms with Crippen LogP contribution in [0, 0.1) is 0 Å². The minimum absolute atomic E-state index is 0.268. The zero-order chi connectivity index (χ0) is 11.5. The topological polar surface area (TPSA) is 50.2 Å². The molecule has 1 aromatic carbocycles. The number of hydrogen-bond donors (Lipinski definition) is 1. The number of hydrogen-bond acceptors (Lipinski definition) is 3. The maximum atomic E-state index is 11.5. The van der Waals surface area contributed by atoms with Gasteiger partial charge in [0.15, 0.2) is 5.78 Å². The Morgan fingerprint density at radius 2 is 2.12 bits per heavy atom. The summed E-state index contributed by atoms with van der Waals surface area (Å²) in [5, 5.41) is 9.83. The summed E-state index contributed by atoms with van der Waals surface area (Å²) in [6.45, 7) is 1.48. The van der Waals surface area contributed by atoms with Crippen molar-refractivity contribution in [3.8, 4) is 0 Å². The lowest BCUT2D eigenvalue weighted by atomic mass is 10.0. The first-order valence-electron chi connectivity index (χ1n) is 5.29. The van der Waals surface area contributed by atoms with Crippen molar-refractivity contribution in [2.24, 2.45) is 0 Å². The quantitative estimate of drug-likeness (QED) is 0.796. The molecule has 2 rings (SSSR count). The zero-order valence-corrected chi connectivity index (χ0v) is 9.10. The van der Waals surface area contributed by atoms with Crippen molar-refractivity contribution >= 4 is 16.7 Å². The molecule has 0 saturated heterocycles. The van der Waals surface area contributed by atoms with Gasteiger partial charge in [-0.2, -0.15) is 0 Å². The summed E-state index contributed by atoms with van der Waals surface area (Å²) in [5.41, 5.74) is 2.16. The van der Waals surface area contributed by atoms with Crippen molar-refractivity contribution in [2.75, 3.05) is 6.61 Å². The highest BCUT2D eigenvalue weighted by molar-refractivity contribution is 6.00. The highest BCUT2D eigenvalue weighted by atomic mass is 16.3. The number of aliphatic hydroxyl groups is 1. The molecule has 0 fully saturated rings. The van der Waals surface area contributed by atoms with E-state index in [1.165, 1.54) is 0 Å². The smallest absolute Gasteiger partial charge is 0.190 e. The minimum Gasteiger partial charge on any atom is -0.388 e. The molecule has 3 heteroatoms. The van der Waals surface area contributed by atoms with Crippen LogP contribution in [0.5, 0.6) is 0 Å². The van der Waals surface area contributed by atoms with Gasteiger partial charge in [0.2, 0.25) is 0 Å². The van der Waals surface area contributed by atoms with Crippen LogP contribution in [0.15, 0.2) is 30.3 Å². The monoisotopic (exact) mass is 215 g/mol. The van der Waals surface area contributed by atoms with Crippen molar-refractivity contribution in [3.63, 3.8) is 0 Å². The number of carbonyl (C=O) groups is 1. The molecular formula is C13H13NO2. The largest absolute Gasteiger partial charge is 0.388 e. The van der Waals surface area contributed by atoms with E-state index >= 15 is 0 Å². The van der Waals surface area contributed by atoms with Gasteiger partial charge in [-0.05, 0) is 18.6 Å². The maximum Gasteiger partial charge on any atom is 0.190 e. The van der Waals surface area contributed by atoms with Gasteiger partial charge in [0, 0.05) is 10.9 Å². The molecule has 0 aliphatic rings. The highest BCUT2D eigenvalue weighted by Crippen LogP contribution is 2.17. The number of aromatic nitrogens is 1. The third kappa shape index (κ3) is 1.82. The molecule has 82 valence electrons. The Kier molecular flexibility index (Phi) is 2.97. The molecule has 0 aliphatic carbocycles. The van der Waals surface area contributed by atoms with Crippen molar-refractivity contribution < 1.29 is 9.90 Å². The number of Topliss-reactive ketones (excluding diaryl/α,β-unsaturated/α-hetero) is 1. The summed E-state index contributed by atoms with van der Waals surface area (Å²) in [4.78, 5) is 16.0. The normalized spacial score (nSPS) is 10.6. The zero-order valence-electron chi connectivity index (χ0n) is 9.10. The molecule has 3 nitrogen and oxygen atoms in total. The van der Waals surface area contributed by atoms with Gasteiger partial charge in [0.1, 0.15) is 6.61 Å². The van der Waals surface area contributed by atoms with Crippen LogP contribution in [0.4, 0.5) is 0 Å². The molecule has 16 heavy (non-hydrogen) atoms. The number of fused-ring (bicyclic) bond motifs is 1. The van der Waals surface area contributed by atoms with Crippen LogP contribution in [0.1, 0.15) is 23.0 Å². The first-order chi connectivity index (χ1) is 7.76. The summed E-state index contributed by atoms with van der Waals surface area (Å²) in [7, 11) is 0. The van der Waals surface area contributed by atoms with Crippen LogP contribution in [0.25, 0.3) is 10.9 Å². The molecule has 0 saturated carbocycles. The van der Waals surface area contributed by atoms with Crippen molar-refractivity contribution in [2.45, 2.75) is 13.3 Å². The van der Waals surface area contributed by atoms with Crippen molar-refractivity contribution in [1.82, 2.24) is 4.98 Å². The Labute approximate surface area is 93.7 Å². The fourth-order valence-corrected chi connectivity index (χ4v) is 1.75. The van der Waals surface area contributed by atoms with Gasteiger partial charge >= 0.3 is 0 Å². The Morgan fingerprint density at radius 3 is 2.81 bits per heavy atom. The lowest BCUT2D eigenvalue weighted by molar-refractivity contribution is 0.0902. The molecule has 0 bridgehead atoms. The van der Waals surface area contributed by atoms with Gasteiger partial charge in [-0.15, -0.1) is 0 Å². The van der Waals surface area contributed by atoms with Gasteiger partial charge in [0.25, 0.3) is 0 Å². The van der Waals surface area contributed by atoms with E-state index in [2.05, 4.69) is 4.98 Å². The molecule has 0 aliphatic heterocycles. The summed E-state index contributed by atoms with van der Waals surface area (Å²) in [5.74, 6) is -0.268. The molecule has 0 radical (unpaired) electrons. The van der Waals surface area contributed by atoms with E-state index in [0.717, 1.165) is 16.6 Å². The van der Waals surface area contributed by atoms with Gasteiger partial charge in [-0.3, -0.25) is 9.78 Å². The number of aliphatic hydroxyl groups excluding tert-OH is 1. The summed E-state index contributed by atoms with van der Waals surface area (Å²) in [6, 6.07) is 9.46. The second kappa shape index (κ2) is 4.41. The number of ketones is 1. The lowest BCUT2D eigenvalue weighted by Crippen LogP contribution is -2.09. The van der Waals surface area contributed by atoms with E-state index in [4.69, 9.17) is 5.11 Å². The lowest BCUT2D eigenvalue weighted by Gasteiger charge is -2.06. The van der Waals surface area contributed by atoms with Crippen LogP contribution in [0.3, 0.4) is 0 Å². The average Bonchev–Trinajstić information content (AvgIpc) is 2.36. The van der Waals surface area contributed by atoms with E-state index in [1.807, 2.05) is 31.2 Å². The second-order valence-corrected chi connectivity index (χ2v) is 3.61. The average molecular weight is 215 g/mol. The molecule has 2 aromatic rings. The molecular weight excluding hydrogens is 202 g/mol. The van der Waals surface area contributed by atoms with Gasteiger partial charge < -0.3 is 5.11 Å². The van der Waals surface area contributed by atoms with Crippen LogP contribution < -0.4 is 0 Å². The third-order valence-corrected chi connectivity index (χ3v) is 2.58. The number of rotatable bonds is 3. The van der Waals surface area contributed by atoms with E-state index in [9.17, 15) is 4.79 Å². The van der Waals surface area contributed by atoms with Crippen LogP contribution in [0.2, 0.25) is 0 Å². The van der Waals surface area contributed by atoms with Gasteiger partial charge in [-0.1, -0.05) is 25.1 Å². The number of nitrogens with zero attached hydrogens (tertiary/aromatic N) is 1. The fraction of sp³-hybridized carbons (Fsp3) is 0.231. The highest BCUT2D eigenvalue weighted by Gasteiger charge is 2.11. The van der Waals surface area contributed by atoms with E-state index in [0.29, 0.717) is 12.0 Å². The maximum absolute atomic E-state index is 11.5. The number of pyridine rings is 1. The molecule has 1 heterocycles. The Bertz CT molecular complexity index is 534. The fourth-order valence-electron chi connectivity index (χ4n) is 1.75. The minimum atomic E-state index is -0.465. The third-order valence-electron chi connectivity index (χ3n) is 2.58. The van der Waals surface area contributed by atoms with Crippen LogP contribution in [-0.4, -0.2) is 22.5 Å². The van der Waals surface area contributed by atoms with Crippen LogP contribution in [-0.2, 0) is 6.42 Å². The molecule has 1 aromatic heterocycles. The van der Waals surface area contributed by atoms with E-state index in [1.54, 1.807) is 6.07 Å². The summed E-state index contributed by atoms with van der Waals surface area (Å²) >= 11 is 0. The Hall–Kier alpha value is -1.74. The predicted octanol–water partition coefficient (Wildman–Crippen LogP) is 1.97. The van der Waals surface area contributed by atoms with Gasteiger partial charge in [-0.25, -0.2) is 0 Å². The summed E-state index contributed by atoms with van der Waals surface area (Å²) < 4.78 is 0. The summed E-state index contributed by atoms with van der Waals surface area (Å²) in [6.07, 6.45) is 0.686. The Balaban J connectivity index is 2.67. The second-order valence-electron chi connectivity index (χ2n) is 3.61. The van der Waals surface area contributed by atoms with E-state index in [-0.39, 0.29) is 5.78 Å². The number of carbonyl (C=O) groups excluding carboxylic acids is 1. The molecule has 0 atom stereocenters. The van der Waals surface area contributed by atoms with Gasteiger partial charge in [0.05, 0.1) is 11.2 Å². The van der Waals surface area contributed by atoms with E-state index < -0.39 is 6.61 Å². The first-order valence-corrected chi connectivity index (χ1v) is 5.29. The van der Waals surface area contributed by atoms with Crippen molar-refractivity contribution in [1.29, 1.82) is 0 Å². The predicted molar refractivity (Wildman–Crippen MR) is 62.5 cm³/mol. The van der Waals surface area contributed by atoms with Crippen LogP contribution >= 0.6 is 0 Å².